The highest BCUT2D eigenvalue weighted by molar-refractivity contribution is 7.90. The van der Waals surface area contributed by atoms with Crippen LogP contribution in [0, 0.1) is 27.7 Å². The van der Waals surface area contributed by atoms with Crippen LogP contribution in [0.5, 0.6) is 0 Å². The van der Waals surface area contributed by atoms with Gasteiger partial charge in [-0.25, -0.2) is 8.42 Å². The number of rotatable bonds is 6. The molecule has 0 fully saturated rings. The highest BCUT2D eigenvalue weighted by Crippen LogP contribution is 2.27. The molecule has 26 heavy (non-hydrogen) atoms. The second-order valence-corrected chi connectivity index (χ2v) is 9.82. The average Bonchev–Trinajstić information content (AvgIpc) is 2.86. The minimum atomic E-state index is -4.00. The molecule has 9 heteroatoms. The topological polar surface area (TPSA) is 89.3 Å². The maximum absolute atomic E-state index is 13.1. The van der Waals surface area contributed by atoms with Gasteiger partial charge < -0.3 is 0 Å². The average molecular weight is 400 g/mol. The Hall–Kier alpha value is -1.71. The van der Waals surface area contributed by atoms with Crippen LogP contribution in [-0.2, 0) is 20.0 Å². The Labute approximate surface area is 155 Å². The van der Waals surface area contributed by atoms with Crippen LogP contribution < -0.4 is 0 Å². The molecular weight excluding hydrogens is 374 g/mol. The zero-order valence-electron chi connectivity index (χ0n) is 15.9. The lowest BCUT2D eigenvalue weighted by molar-refractivity contribution is 0.444. The number of aryl methyl sites for hydroxylation is 3. The fourth-order valence-corrected chi connectivity index (χ4v) is 6.53. The Kier molecular flexibility index (Phi) is 5.65. The zero-order chi connectivity index (χ0) is 19.9. The number of aromatic nitrogens is 2. The van der Waals surface area contributed by atoms with Gasteiger partial charge in [-0.3, -0.25) is 0 Å². The summed E-state index contributed by atoms with van der Waals surface area (Å²) in [5.74, 6) is 0. The van der Waals surface area contributed by atoms with E-state index in [-0.39, 0.29) is 21.2 Å². The van der Waals surface area contributed by atoms with Gasteiger partial charge in [-0.05, 0) is 44.9 Å². The summed E-state index contributed by atoms with van der Waals surface area (Å²) in [4.78, 5) is 0.0740. The molecule has 0 N–H and O–H groups in total. The van der Waals surface area contributed by atoms with Crippen molar-refractivity contribution in [1.82, 2.24) is 13.5 Å². The lowest BCUT2D eigenvalue weighted by Crippen LogP contribution is -2.31. The molecule has 1 aromatic carbocycles. The van der Waals surface area contributed by atoms with Crippen molar-refractivity contribution >= 4 is 20.0 Å². The molecule has 0 unspecified atom stereocenters. The fourth-order valence-electron chi connectivity index (χ4n) is 2.98. The molecule has 1 heterocycles. The molecule has 0 saturated heterocycles. The zero-order valence-corrected chi connectivity index (χ0v) is 17.6. The van der Waals surface area contributed by atoms with Crippen LogP contribution in [0.4, 0.5) is 0 Å². The van der Waals surface area contributed by atoms with Crippen molar-refractivity contribution in [3.05, 3.63) is 40.7 Å². The van der Waals surface area contributed by atoms with Gasteiger partial charge in [-0.2, -0.15) is 21.9 Å². The fraction of sp³-hybridized carbons (Fsp3) is 0.471. The molecule has 0 aliphatic heterocycles. The molecule has 0 amide bonds. The van der Waals surface area contributed by atoms with E-state index in [0.29, 0.717) is 18.7 Å². The Morgan fingerprint density at radius 2 is 1.58 bits per heavy atom. The maximum Gasteiger partial charge on any atom is 0.283 e. The van der Waals surface area contributed by atoms with Crippen LogP contribution in [0.3, 0.4) is 0 Å². The van der Waals surface area contributed by atoms with E-state index >= 15 is 0 Å². The van der Waals surface area contributed by atoms with E-state index in [2.05, 4.69) is 5.10 Å². The monoisotopic (exact) mass is 399 g/mol. The third-order valence-electron chi connectivity index (χ3n) is 4.34. The van der Waals surface area contributed by atoms with E-state index in [1.807, 2.05) is 6.07 Å². The van der Waals surface area contributed by atoms with Crippen LogP contribution in [0.1, 0.15) is 36.4 Å². The van der Waals surface area contributed by atoms with Gasteiger partial charge in [-0.1, -0.05) is 26.0 Å². The van der Waals surface area contributed by atoms with E-state index in [1.165, 1.54) is 18.2 Å². The smallest absolute Gasteiger partial charge is 0.207 e. The number of nitrogens with zero attached hydrogens (tertiary/aromatic N) is 3. The lowest BCUT2D eigenvalue weighted by Gasteiger charge is -2.18. The first kappa shape index (κ1) is 20.6. The minimum Gasteiger partial charge on any atom is -0.207 e. The van der Waals surface area contributed by atoms with Crippen LogP contribution in [0.25, 0.3) is 0 Å². The Morgan fingerprint density at radius 3 is 2.12 bits per heavy atom. The molecule has 0 aliphatic rings. The molecule has 2 rings (SSSR count). The first-order valence-corrected chi connectivity index (χ1v) is 11.3. The van der Waals surface area contributed by atoms with Crippen LogP contribution in [0.2, 0.25) is 0 Å². The van der Waals surface area contributed by atoms with Crippen LogP contribution in [-0.4, -0.2) is 43.4 Å². The third-order valence-corrected chi connectivity index (χ3v) is 8.45. The molecule has 144 valence electrons. The van der Waals surface area contributed by atoms with Crippen molar-refractivity contribution in [3.63, 3.8) is 0 Å². The van der Waals surface area contributed by atoms with Crippen molar-refractivity contribution in [1.29, 1.82) is 0 Å². The predicted octanol–water partition coefficient (Wildman–Crippen LogP) is 2.38. The summed E-state index contributed by atoms with van der Waals surface area (Å²) >= 11 is 0. The van der Waals surface area contributed by atoms with E-state index in [4.69, 9.17) is 0 Å². The van der Waals surface area contributed by atoms with Gasteiger partial charge in [-0.15, -0.1) is 0 Å². The summed E-state index contributed by atoms with van der Waals surface area (Å²) in [5, 5.41) is 4.07. The molecule has 0 spiro atoms. The van der Waals surface area contributed by atoms with E-state index in [0.717, 1.165) is 9.65 Å². The van der Waals surface area contributed by atoms with Crippen molar-refractivity contribution in [2.24, 2.45) is 0 Å². The van der Waals surface area contributed by atoms with Gasteiger partial charge in [0.05, 0.1) is 16.3 Å². The van der Waals surface area contributed by atoms with Crippen molar-refractivity contribution < 1.29 is 16.8 Å². The quantitative estimate of drug-likeness (QED) is 0.744. The largest absolute Gasteiger partial charge is 0.283 e. The summed E-state index contributed by atoms with van der Waals surface area (Å²) in [6.07, 6.45) is 0. The second kappa shape index (κ2) is 7.13. The van der Waals surface area contributed by atoms with E-state index in [9.17, 15) is 16.8 Å². The number of sulfonamides is 1. The summed E-state index contributed by atoms with van der Waals surface area (Å²) in [7, 11) is -7.82. The molecule has 0 radical (unpaired) electrons. The van der Waals surface area contributed by atoms with E-state index in [1.54, 1.807) is 39.8 Å². The first-order valence-electron chi connectivity index (χ1n) is 8.37. The molecule has 0 aliphatic carbocycles. The van der Waals surface area contributed by atoms with Gasteiger partial charge in [0.1, 0.15) is 4.90 Å². The molecule has 0 atom stereocenters. The summed E-state index contributed by atoms with van der Waals surface area (Å²) in [6, 6.07) is 5.12. The standard InChI is InChI=1S/C17H25N3O4S2/c1-7-19(8-2)26(23,24)17-14(5)18-20(15(17)6)25(21,22)16-11-12(3)9-10-13(16)4/h9-11H,7-8H2,1-6H3. The van der Waals surface area contributed by atoms with Gasteiger partial charge >= 0.3 is 0 Å². The Balaban J connectivity index is 2.73. The Bertz CT molecular complexity index is 1030. The molecular formula is C17H25N3O4S2. The Morgan fingerprint density at radius 1 is 1.00 bits per heavy atom. The highest BCUT2D eigenvalue weighted by Gasteiger charge is 2.33. The minimum absolute atomic E-state index is 0.0462. The van der Waals surface area contributed by atoms with E-state index < -0.39 is 20.0 Å². The van der Waals surface area contributed by atoms with Gasteiger partial charge in [0, 0.05) is 13.1 Å². The normalized spacial score (nSPS) is 12.7. The van der Waals surface area contributed by atoms with Gasteiger partial charge in [0.15, 0.2) is 0 Å². The van der Waals surface area contributed by atoms with Crippen LogP contribution >= 0.6 is 0 Å². The number of hydrogen-bond acceptors (Lipinski definition) is 5. The van der Waals surface area contributed by atoms with Gasteiger partial charge in [0.2, 0.25) is 10.0 Å². The molecule has 7 nitrogen and oxygen atoms in total. The summed E-state index contributed by atoms with van der Waals surface area (Å²) < 4.78 is 54.2. The number of hydrogen-bond donors (Lipinski definition) is 0. The summed E-state index contributed by atoms with van der Waals surface area (Å²) in [5.41, 5.74) is 1.64. The van der Waals surface area contributed by atoms with Crippen molar-refractivity contribution in [2.75, 3.05) is 13.1 Å². The van der Waals surface area contributed by atoms with Crippen molar-refractivity contribution in [2.45, 2.75) is 51.3 Å². The second-order valence-electron chi connectivity index (χ2n) is 6.21. The number of benzene rings is 1. The molecule has 2 aromatic rings. The SMILES string of the molecule is CCN(CC)S(=O)(=O)c1c(C)nn(S(=O)(=O)c2cc(C)ccc2C)c1C. The van der Waals surface area contributed by atoms with Gasteiger partial charge in [0.25, 0.3) is 10.0 Å². The molecule has 0 bridgehead atoms. The third kappa shape index (κ3) is 3.30. The highest BCUT2D eigenvalue weighted by atomic mass is 32.2. The lowest BCUT2D eigenvalue weighted by atomic mass is 10.2. The maximum atomic E-state index is 13.1. The first-order chi connectivity index (χ1) is 12.0. The summed E-state index contributed by atoms with van der Waals surface area (Å²) in [6.45, 7) is 10.6. The molecule has 1 aromatic heterocycles. The predicted molar refractivity (Wildman–Crippen MR) is 100 cm³/mol. The molecule has 0 saturated carbocycles. The van der Waals surface area contributed by atoms with Crippen molar-refractivity contribution in [3.8, 4) is 0 Å². The van der Waals surface area contributed by atoms with Crippen LogP contribution in [0.15, 0.2) is 28.0 Å².